The molecule has 0 spiro atoms. The van der Waals surface area contributed by atoms with E-state index in [2.05, 4.69) is 34.6 Å². The number of ether oxygens (including phenoxy) is 2. The fourth-order valence-corrected chi connectivity index (χ4v) is 4.19. The molecule has 0 aliphatic carbocycles. The Morgan fingerprint density at radius 2 is 1.71 bits per heavy atom. The maximum Gasteiger partial charge on any atom is 0.227 e. The number of carbonyl (C=O) groups is 1. The van der Waals surface area contributed by atoms with Crippen LogP contribution in [0.2, 0.25) is 0 Å². The number of aromatic nitrogens is 1. The number of nitrogens with one attached hydrogen (secondary N) is 1. The second kappa shape index (κ2) is 8.84. The van der Waals surface area contributed by atoms with Crippen molar-refractivity contribution in [2.24, 2.45) is 5.41 Å². The molecule has 1 unspecified atom stereocenters. The molecule has 0 bridgehead atoms. The second-order valence-electron chi connectivity index (χ2n) is 7.89. The van der Waals surface area contributed by atoms with Crippen molar-refractivity contribution >= 4 is 5.91 Å². The predicted molar refractivity (Wildman–Crippen MR) is 108 cm³/mol. The summed E-state index contributed by atoms with van der Waals surface area (Å²) < 4.78 is 11.1. The summed E-state index contributed by atoms with van der Waals surface area (Å²) in [6, 6.07) is 12.7. The van der Waals surface area contributed by atoms with Gasteiger partial charge in [-0.1, -0.05) is 24.3 Å². The highest BCUT2D eigenvalue weighted by atomic mass is 16.5. The van der Waals surface area contributed by atoms with Crippen molar-refractivity contribution in [2.75, 3.05) is 26.4 Å². The summed E-state index contributed by atoms with van der Waals surface area (Å²) >= 11 is 0. The van der Waals surface area contributed by atoms with E-state index in [4.69, 9.17) is 9.47 Å². The largest absolute Gasteiger partial charge is 0.381 e. The number of carbonyl (C=O) groups excluding carboxylic acids is 1. The first-order valence-electron chi connectivity index (χ1n) is 10.2. The van der Waals surface area contributed by atoms with Gasteiger partial charge in [-0.25, -0.2) is 0 Å². The number of rotatable bonds is 5. The zero-order valence-electron chi connectivity index (χ0n) is 16.2. The lowest BCUT2D eigenvalue weighted by atomic mass is 9.74. The minimum absolute atomic E-state index is 0.134. The van der Waals surface area contributed by atoms with Gasteiger partial charge in [-0.3, -0.25) is 9.78 Å². The van der Waals surface area contributed by atoms with Crippen molar-refractivity contribution in [3.05, 3.63) is 54.4 Å². The van der Waals surface area contributed by atoms with Crippen LogP contribution in [0.5, 0.6) is 0 Å². The van der Waals surface area contributed by atoms with Crippen LogP contribution in [0.4, 0.5) is 0 Å². The molecule has 3 heterocycles. The van der Waals surface area contributed by atoms with Crippen LogP contribution >= 0.6 is 0 Å². The highest BCUT2D eigenvalue weighted by Crippen LogP contribution is 2.35. The summed E-state index contributed by atoms with van der Waals surface area (Å²) in [5, 5.41) is 3.26. The fraction of sp³-hybridized carbons (Fsp3) is 0.478. The molecule has 5 heteroatoms. The Bertz CT molecular complexity index is 764. The van der Waals surface area contributed by atoms with Crippen molar-refractivity contribution in [2.45, 2.75) is 38.1 Å². The van der Waals surface area contributed by atoms with Crippen LogP contribution in [-0.4, -0.2) is 43.4 Å². The van der Waals surface area contributed by atoms with Crippen molar-refractivity contribution in [1.29, 1.82) is 0 Å². The summed E-state index contributed by atoms with van der Waals surface area (Å²) in [5.74, 6) is 0.157. The van der Waals surface area contributed by atoms with Crippen molar-refractivity contribution < 1.29 is 14.3 Å². The summed E-state index contributed by atoms with van der Waals surface area (Å²) in [7, 11) is 0. The molecule has 28 heavy (non-hydrogen) atoms. The topological polar surface area (TPSA) is 60.5 Å². The van der Waals surface area contributed by atoms with Gasteiger partial charge in [0.15, 0.2) is 0 Å². The molecule has 2 aliphatic rings. The number of hydrogen-bond acceptors (Lipinski definition) is 4. The first-order valence-corrected chi connectivity index (χ1v) is 10.2. The molecular formula is C23H28N2O3. The van der Waals surface area contributed by atoms with E-state index >= 15 is 0 Å². The molecule has 1 amide bonds. The molecule has 0 saturated carbocycles. The molecule has 1 aromatic carbocycles. The van der Waals surface area contributed by atoms with E-state index in [0.717, 1.165) is 49.8 Å². The van der Waals surface area contributed by atoms with Gasteiger partial charge >= 0.3 is 0 Å². The van der Waals surface area contributed by atoms with E-state index in [9.17, 15) is 4.79 Å². The van der Waals surface area contributed by atoms with Gasteiger partial charge in [0.2, 0.25) is 5.91 Å². The Morgan fingerprint density at radius 3 is 2.39 bits per heavy atom. The molecule has 1 aromatic heterocycles. The normalized spacial score (nSPS) is 21.8. The van der Waals surface area contributed by atoms with Crippen molar-refractivity contribution in [3.63, 3.8) is 0 Å². The predicted octanol–water partition coefficient (Wildman–Crippen LogP) is 3.38. The second-order valence-corrected chi connectivity index (χ2v) is 7.89. The Hall–Kier alpha value is -2.24. The Kier molecular flexibility index (Phi) is 6.03. The summed E-state index contributed by atoms with van der Waals surface area (Å²) in [6.07, 6.45) is 7.89. The van der Waals surface area contributed by atoms with Gasteiger partial charge in [-0.2, -0.15) is 0 Å². The zero-order chi connectivity index (χ0) is 19.2. The quantitative estimate of drug-likeness (QED) is 0.864. The smallest absolute Gasteiger partial charge is 0.227 e. The highest BCUT2D eigenvalue weighted by molar-refractivity contribution is 5.83. The molecular weight excluding hydrogens is 352 g/mol. The highest BCUT2D eigenvalue weighted by Gasteiger charge is 2.41. The zero-order valence-corrected chi connectivity index (χ0v) is 16.2. The minimum atomic E-state index is -0.395. The lowest BCUT2D eigenvalue weighted by molar-refractivity contribution is -0.138. The summed E-state index contributed by atoms with van der Waals surface area (Å²) in [6.45, 7) is 2.71. The monoisotopic (exact) mass is 380 g/mol. The average Bonchev–Trinajstić information content (AvgIpc) is 2.76. The van der Waals surface area contributed by atoms with Gasteiger partial charge in [0.25, 0.3) is 0 Å². The summed E-state index contributed by atoms with van der Waals surface area (Å²) in [5.41, 5.74) is 3.11. The lowest BCUT2D eigenvalue weighted by Crippen LogP contribution is -2.51. The molecule has 2 aromatic rings. The number of pyridine rings is 1. The van der Waals surface area contributed by atoms with Gasteiger partial charge in [0, 0.05) is 32.2 Å². The van der Waals surface area contributed by atoms with Crippen LogP contribution in [0.25, 0.3) is 11.1 Å². The van der Waals surface area contributed by atoms with E-state index in [1.54, 1.807) is 12.4 Å². The van der Waals surface area contributed by atoms with E-state index in [0.29, 0.717) is 19.8 Å². The molecule has 148 valence electrons. The first-order chi connectivity index (χ1) is 13.8. The van der Waals surface area contributed by atoms with E-state index < -0.39 is 5.41 Å². The molecule has 1 N–H and O–H groups in total. The standard InChI is InChI=1S/C23H28N2O3/c26-22(25-21-2-1-13-28-17-21)23(9-14-27-15-10-23)16-18-3-5-19(6-4-18)20-7-11-24-12-8-20/h3-8,11-12,21H,1-2,9-10,13-17H2,(H,25,26). The molecule has 4 rings (SSSR count). The molecule has 1 atom stereocenters. The number of hydrogen-bond donors (Lipinski definition) is 1. The van der Waals surface area contributed by atoms with Crippen LogP contribution in [-0.2, 0) is 20.7 Å². The van der Waals surface area contributed by atoms with E-state index in [1.807, 2.05) is 12.1 Å². The van der Waals surface area contributed by atoms with Crippen molar-refractivity contribution in [3.8, 4) is 11.1 Å². The minimum Gasteiger partial charge on any atom is -0.381 e. The fourth-order valence-electron chi connectivity index (χ4n) is 4.19. The van der Waals surface area contributed by atoms with Gasteiger partial charge in [-0.05, 0) is 60.9 Å². The number of amides is 1. The van der Waals surface area contributed by atoms with Gasteiger partial charge in [-0.15, -0.1) is 0 Å². The van der Waals surface area contributed by atoms with E-state index in [-0.39, 0.29) is 11.9 Å². The summed E-state index contributed by atoms with van der Waals surface area (Å²) in [4.78, 5) is 17.3. The Labute approximate surface area is 166 Å². The lowest BCUT2D eigenvalue weighted by Gasteiger charge is -2.37. The molecule has 2 saturated heterocycles. The van der Waals surface area contributed by atoms with Crippen LogP contribution in [0.1, 0.15) is 31.2 Å². The Balaban J connectivity index is 1.49. The first kappa shape index (κ1) is 19.1. The molecule has 5 nitrogen and oxygen atoms in total. The number of nitrogens with zero attached hydrogens (tertiary/aromatic N) is 1. The SMILES string of the molecule is O=C(NC1CCCOC1)C1(Cc2ccc(-c3ccncc3)cc2)CCOCC1. The molecule has 0 radical (unpaired) electrons. The van der Waals surface area contributed by atoms with Gasteiger partial charge < -0.3 is 14.8 Å². The maximum atomic E-state index is 13.3. The average molecular weight is 380 g/mol. The Morgan fingerprint density at radius 1 is 1.00 bits per heavy atom. The molecule has 2 fully saturated rings. The third kappa shape index (κ3) is 4.42. The van der Waals surface area contributed by atoms with Gasteiger partial charge in [0.05, 0.1) is 18.1 Å². The maximum absolute atomic E-state index is 13.3. The van der Waals surface area contributed by atoms with Crippen LogP contribution < -0.4 is 5.32 Å². The molecule has 2 aliphatic heterocycles. The van der Waals surface area contributed by atoms with Gasteiger partial charge in [0.1, 0.15) is 0 Å². The van der Waals surface area contributed by atoms with Crippen LogP contribution in [0.3, 0.4) is 0 Å². The third-order valence-corrected chi connectivity index (χ3v) is 5.94. The third-order valence-electron chi connectivity index (χ3n) is 5.94. The van der Waals surface area contributed by atoms with Crippen LogP contribution in [0, 0.1) is 5.41 Å². The van der Waals surface area contributed by atoms with E-state index in [1.165, 1.54) is 5.56 Å². The van der Waals surface area contributed by atoms with Crippen molar-refractivity contribution in [1.82, 2.24) is 10.3 Å². The van der Waals surface area contributed by atoms with Crippen LogP contribution in [0.15, 0.2) is 48.8 Å². The number of benzene rings is 1.